The third kappa shape index (κ3) is 4.45. The van der Waals surface area contributed by atoms with E-state index >= 15 is 0 Å². The van der Waals surface area contributed by atoms with Crippen molar-refractivity contribution in [3.8, 4) is 5.69 Å². The summed E-state index contributed by atoms with van der Waals surface area (Å²) in [6.07, 6.45) is 4.13. The summed E-state index contributed by atoms with van der Waals surface area (Å²) in [5.74, 6) is -0.0888. The van der Waals surface area contributed by atoms with Gasteiger partial charge in [0.1, 0.15) is 12.7 Å². The van der Waals surface area contributed by atoms with Gasteiger partial charge in [-0.2, -0.15) is 5.10 Å². The van der Waals surface area contributed by atoms with Crippen LogP contribution >= 0.6 is 0 Å². The summed E-state index contributed by atoms with van der Waals surface area (Å²) in [5, 5.41) is 7.05. The summed E-state index contributed by atoms with van der Waals surface area (Å²) in [5.41, 5.74) is 1.92. The molecule has 1 atom stereocenters. The standard InChI is InChI=1S/C18H23N5O3/c1-26-9-8-22-11-15(4-7-17(22)24)18(25)20-10-14-2-5-16(6-3-14)23-13-19-12-21-23/h2-3,5-6,12-13,15H,4,7-11H2,1H3,(H,20,25)/t15-/m1/s1. The molecule has 1 saturated heterocycles. The van der Waals surface area contributed by atoms with Gasteiger partial charge in [-0.05, 0) is 24.1 Å². The molecule has 8 heteroatoms. The van der Waals surface area contributed by atoms with Crippen LogP contribution in [-0.2, 0) is 20.9 Å². The van der Waals surface area contributed by atoms with E-state index in [1.165, 1.54) is 6.33 Å². The number of methoxy groups -OCH3 is 1. The summed E-state index contributed by atoms with van der Waals surface area (Å²) in [4.78, 5) is 30.0. The lowest BCUT2D eigenvalue weighted by atomic mass is 9.96. The first kappa shape index (κ1) is 18.1. The Kier molecular flexibility index (Phi) is 5.96. The summed E-state index contributed by atoms with van der Waals surface area (Å²) in [7, 11) is 1.60. The molecule has 0 radical (unpaired) electrons. The fourth-order valence-electron chi connectivity index (χ4n) is 2.99. The molecule has 0 spiro atoms. The molecule has 8 nitrogen and oxygen atoms in total. The van der Waals surface area contributed by atoms with Crippen molar-refractivity contribution in [1.82, 2.24) is 25.0 Å². The number of carbonyl (C=O) groups excluding carboxylic acids is 2. The molecular weight excluding hydrogens is 334 g/mol. The highest BCUT2D eigenvalue weighted by Gasteiger charge is 2.29. The molecule has 2 heterocycles. The van der Waals surface area contributed by atoms with Gasteiger partial charge in [0.05, 0.1) is 18.2 Å². The molecule has 0 bridgehead atoms. The van der Waals surface area contributed by atoms with Crippen LogP contribution in [-0.4, -0.2) is 58.3 Å². The zero-order valence-electron chi connectivity index (χ0n) is 14.8. The van der Waals surface area contributed by atoms with Gasteiger partial charge in [0.25, 0.3) is 0 Å². The fraction of sp³-hybridized carbons (Fsp3) is 0.444. The first-order valence-electron chi connectivity index (χ1n) is 8.65. The molecule has 1 N–H and O–H groups in total. The minimum Gasteiger partial charge on any atom is -0.383 e. The predicted molar refractivity (Wildman–Crippen MR) is 94.4 cm³/mol. The van der Waals surface area contributed by atoms with Gasteiger partial charge in [0.15, 0.2) is 0 Å². The Morgan fingerprint density at radius 1 is 1.35 bits per heavy atom. The maximum Gasteiger partial charge on any atom is 0.225 e. The smallest absolute Gasteiger partial charge is 0.225 e. The molecule has 1 aliphatic heterocycles. The molecule has 1 aliphatic rings. The van der Waals surface area contributed by atoms with Crippen LogP contribution in [0.3, 0.4) is 0 Å². The SMILES string of the molecule is COCCN1C[C@H](C(=O)NCc2ccc(-n3cncn3)cc2)CCC1=O. The average Bonchev–Trinajstić information content (AvgIpc) is 3.20. The second kappa shape index (κ2) is 8.57. The number of nitrogens with zero attached hydrogens (tertiary/aromatic N) is 4. The first-order valence-corrected chi connectivity index (χ1v) is 8.65. The van der Waals surface area contributed by atoms with E-state index in [1.54, 1.807) is 23.0 Å². The minimum atomic E-state index is -0.168. The monoisotopic (exact) mass is 357 g/mol. The predicted octanol–water partition coefficient (Wildman–Crippen LogP) is 0.769. The third-order valence-electron chi connectivity index (χ3n) is 4.52. The molecule has 3 rings (SSSR count). The van der Waals surface area contributed by atoms with Crippen LogP contribution in [0.4, 0.5) is 0 Å². The Hall–Kier alpha value is -2.74. The lowest BCUT2D eigenvalue weighted by molar-refractivity contribution is -0.138. The van der Waals surface area contributed by atoms with Crippen LogP contribution in [0.15, 0.2) is 36.9 Å². The highest BCUT2D eigenvalue weighted by Crippen LogP contribution is 2.18. The second-order valence-corrected chi connectivity index (χ2v) is 6.29. The van der Waals surface area contributed by atoms with Crippen LogP contribution in [0, 0.1) is 5.92 Å². The zero-order chi connectivity index (χ0) is 18.4. The highest BCUT2D eigenvalue weighted by atomic mass is 16.5. The van der Waals surface area contributed by atoms with Gasteiger partial charge in [-0.3, -0.25) is 9.59 Å². The zero-order valence-corrected chi connectivity index (χ0v) is 14.8. The van der Waals surface area contributed by atoms with Crippen LogP contribution in [0.1, 0.15) is 18.4 Å². The molecule has 2 aromatic rings. The third-order valence-corrected chi connectivity index (χ3v) is 4.52. The summed E-state index contributed by atoms with van der Waals surface area (Å²) >= 11 is 0. The van der Waals surface area contributed by atoms with Gasteiger partial charge >= 0.3 is 0 Å². The van der Waals surface area contributed by atoms with Gasteiger partial charge < -0.3 is 15.0 Å². The Balaban J connectivity index is 1.51. The van der Waals surface area contributed by atoms with Crippen molar-refractivity contribution in [1.29, 1.82) is 0 Å². The number of hydrogen-bond acceptors (Lipinski definition) is 5. The van der Waals surface area contributed by atoms with Crippen LogP contribution in [0.2, 0.25) is 0 Å². The van der Waals surface area contributed by atoms with E-state index < -0.39 is 0 Å². The van der Waals surface area contributed by atoms with Crippen LogP contribution in [0.25, 0.3) is 5.69 Å². The quantitative estimate of drug-likeness (QED) is 0.791. The van der Waals surface area contributed by atoms with Gasteiger partial charge in [0, 0.05) is 33.2 Å². The number of piperidine rings is 1. The lowest BCUT2D eigenvalue weighted by Crippen LogP contribution is -2.46. The van der Waals surface area contributed by atoms with Crippen molar-refractivity contribution in [2.75, 3.05) is 26.8 Å². The van der Waals surface area contributed by atoms with Crippen molar-refractivity contribution in [2.45, 2.75) is 19.4 Å². The number of ether oxygens (including phenoxy) is 1. The maximum atomic E-state index is 12.4. The van der Waals surface area contributed by atoms with Crippen molar-refractivity contribution in [3.63, 3.8) is 0 Å². The fourth-order valence-corrected chi connectivity index (χ4v) is 2.99. The number of rotatable bonds is 7. The van der Waals surface area contributed by atoms with Gasteiger partial charge in [-0.1, -0.05) is 12.1 Å². The molecular formula is C18H23N5O3. The van der Waals surface area contributed by atoms with Gasteiger partial charge in [0.2, 0.25) is 11.8 Å². The Labute approximate surface area is 152 Å². The molecule has 2 amide bonds. The topological polar surface area (TPSA) is 89.3 Å². The van der Waals surface area contributed by atoms with E-state index in [9.17, 15) is 9.59 Å². The second-order valence-electron chi connectivity index (χ2n) is 6.29. The normalized spacial score (nSPS) is 17.3. The largest absolute Gasteiger partial charge is 0.383 e. The Bertz CT molecular complexity index is 730. The lowest BCUT2D eigenvalue weighted by Gasteiger charge is -2.31. The van der Waals surface area contributed by atoms with Crippen molar-refractivity contribution in [3.05, 3.63) is 42.5 Å². The molecule has 1 aromatic heterocycles. The molecule has 1 aromatic carbocycles. The van der Waals surface area contributed by atoms with Gasteiger partial charge in [-0.15, -0.1) is 0 Å². The number of amides is 2. The van der Waals surface area contributed by atoms with Crippen molar-refractivity contribution < 1.29 is 14.3 Å². The summed E-state index contributed by atoms with van der Waals surface area (Å²) < 4.78 is 6.70. The van der Waals surface area contributed by atoms with E-state index in [-0.39, 0.29) is 17.7 Å². The summed E-state index contributed by atoms with van der Waals surface area (Å²) in [6.45, 7) is 1.93. The van der Waals surface area contributed by atoms with E-state index in [2.05, 4.69) is 15.4 Å². The van der Waals surface area contributed by atoms with E-state index in [0.717, 1.165) is 11.3 Å². The Morgan fingerprint density at radius 3 is 2.85 bits per heavy atom. The first-order chi connectivity index (χ1) is 12.7. The molecule has 0 aliphatic carbocycles. The van der Waals surface area contributed by atoms with E-state index in [1.807, 2.05) is 24.3 Å². The van der Waals surface area contributed by atoms with Crippen LogP contribution in [0.5, 0.6) is 0 Å². The van der Waals surface area contributed by atoms with E-state index in [0.29, 0.717) is 39.1 Å². The Morgan fingerprint density at radius 2 is 2.15 bits per heavy atom. The highest BCUT2D eigenvalue weighted by molar-refractivity contribution is 5.83. The number of carbonyl (C=O) groups is 2. The number of aromatic nitrogens is 3. The molecule has 26 heavy (non-hydrogen) atoms. The number of hydrogen-bond donors (Lipinski definition) is 1. The number of nitrogens with one attached hydrogen (secondary N) is 1. The number of likely N-dealkylation sites (tertiary alicyclic amines) is 1. The maximum absolute atomic E-state index is 12.4. The van der Waals surface area contributed by atoms with Gasteiger partial charge in [-0.25, -0.2) is 9.67 Å². The minimum absolute atomic E-state index is 0.0136. The molecule has 0 unspecified atom stereocenters. The van der Waals surface area contributed by atoms with Crippen LogP contribution < -0.4 is 5.32 Å². The average molecular weight is 357 g/mol. The molecule has 138 valence electrons. The molecule has 1 fully saturated rings. The molecule has 0 saturated carbocycles. The van der Waals surface area contributed by atoms with E-state index in [4.69, 9.17) is 4.74 Å². The number of benzene rings is 1. The summed E-state index contributed by atoms with van der Waals surface area (Å²) in [6, 6.07) is 7.77. The van der Waals surface area contributed by atoms with Crippen molar-refractivity contribution in [2.24, 2.45) is 5.92 Å². The van der Waals surface area contributed by atoms with Crippen molar-refractivity contribution >= 4 is 11.8 Å².